The summed E-state index contributed by atoms with van der Waals surface area (Å²) in [6.07, 6.45) is 4.80. The number of anilines is 2. The van der Waals surface area contributed by atoms with E-state index in [2.05, 4.69) is 34.0 Å². The van der Waals surface area contributed by atoms with Crippen molar-refractivity contribution in [3.8, 4) is 5.88 Å². The number of carbonyl (C=O) groups excluding carboxylic acids is 1. The molecule has 7 heteroatoms. The Morgan fingerprint density at radius 1 is 1.18 bits per heavy atom. The lowest BCUT2D eigenvalue weighted by atomic mass is 10.2. The predicted molar refractivity (Wildman–Crippen MR) is 114 cm³/mol. The minimum atomic E-state index is -0.200. The fourth-order valence-electron chi connectivity index (χ4n) is 3.68. The smallest absolute Gasteiger partial charge is 0.262 e. The lowest BCUT2D eigenvalue weighted by Crippen LogP contribution is -2.22. The van der Waals surface area contributed by atoms with Crippen molar-refractivity contribution >= 4 is 38.8 Å². The van der Waals surface area contributed by atoms with Crippen LogP contribution in [0.4, 0.5) is 11.4 Å². The third-order valence-corrected chi connectivity index (χ3v) is 6.29. The van der Waals surface area contributed by atoms with Crippen molar-refractivity contribution < 1.29 is 9.53 Å². The number of aryl methyl sites for hydroxylation is 2. The van der Waals surface area contributed by atoms with E-state index in [9.17, 15) is 4.79 Å². The van der Waals surface area contributed by atoms with E-state index >= 15 is 0 Å². The fourth-order valence-corrected chi connectivity index (χ4v) is 4.90. The molecule has 1 aromatic carbocycles. The Balaban J connectivity index is 1.41. The molecular weight excluding hydrogens is 372 g/mol. The van der Waals surface area contributed by atoms with Crippen LogP contribution in [-0.2, 0) is 17.6 Å². The highest BCUT2D eigenvalue weighted by Gasteiger charge is 2.22. The normalized spacial score (nSPS) is 12.8. The number of rotatable bonds is 7. The summed E-state index contributed by atoms with van der Waals surface area (Å²) in [7, 11) is 0. The molecule has 2 aromatic heterocycles. The summed E-state index contributed by atoms with van der Waals surface area (Å²) in [6, 6.07) is 7.87. The van der Waals surface area contributed by atoms with Crippen molar-refractivity contribution in [2.24, 2.45) is 0 Å². The molecule has 1 N–H and O–H groups in total. The number of carbonyl (C=O) groups is 1. The first-order chi connectivity index (χ1) is 13.7. The van der Waals surface area contributed by atoms with Crippen LogP contribution >= 0.6 is 11.3 Å². The van der Waals surface area contributed by atoms with Crippen molar-refractivity contribution in [2.45, 2.75) is 33.1 Å². The van der Waals surface area contributed by atoms with E-state index in [0.717, 1.165) is 53.9 Å². The average molecular weight is 397 g/mol. The van der Waals surface area contributed by atoms with Gasteiger partial charge in [-0.05, 0) is 62.9 Å². The number of benzene rings is 1. The van der Waals surface area contributed by atoms with Gasteiger partial charge in [-0.1, -0.05) is 0 Å². The standard InChI is InChI=1S/C21H24N4O2S/c1-3-25(4-2)15-10-8-14(9-11-15)24-18(26)12-27-20-19-16-6-5-7-17(16)28-21(19)23-13-22-20/h8-11,13H,3-7,12H2,1-2H3,(H,24,26). The van der Waals surface area contributed by atoms with Crippen LogP contribution in [0.2, 0.25) is 0 Å². The van der Waals surface area contributed by atoms with E-state index in [1.54, 1.807) is 11.3 Å². The molecule has 0 spiro atoms. The molecule has 4 rings (SSSR count). The van der Waals surface area contributed by atoms with Gasteiger partial charge in [0.2, 0.25) is 5.88 Å². The van der Waals surface area contributed by atoms with Gasteiger partial charge in [-0.25, -0.2) is 9.97 Å². The molecule has 0 unspecified atom stereocenters. The van der Waals surface area contributed by atoms with Crippen LogP contribution in [0, 0.1) is 0 Å². The Kier molecular flexibility index (Phi) is 5.43. The second kappa shape index (κ2) is 8.14. The van der Waals surface area contributed by atoms with Gasteiger partial charge in [-0.2, -0.15) is 0 Å². The minimum absolute atomic E-state index is 0.0749. The molecule has 1 amide bonds. The molecule has 3 aromatic rings. The molecule has 0 aliphatic heterocycles. The number of nitrogens with zero attached hydrogens (tertiary/aromatic N) is 3. The lowest BCUT2D eigenvalue weighted by molar-refractivity contribution is -0.118. The number of aromatic nitrogens is 2. The maximum absolute atomic E-state index is 12.3. The SMILES string of the molecule is CCN(CC)c1ccc(NC(=O)COc2ncnc3sc4c(c23)CCC4)cc1. The van der Waals surface area contributed by atoms with Crippen molar-refractivity contribution in [1.82, 2.24) is 9.97 Å². The summed E-state index contributed by atoms with van der Waals surface area (Å²) < 4.78 is 5.77. The highest BCUT2D eigenvalue weighted by Crippen LogP contribution is 2.39. The summed E-state index contributed by atoms with van der Waals surface area (Å²) in [4.78, 5) is 25.5. The van der Waals surface area contributed by atoms with Gasteiger partial charge in [0.05, 0.1) is 5.39 Å². The lowest BCUT2D eigenvalue weighted by Gasteiger charge is -2.21. The summed E-state index contributed by atoms with van der Waals surface area (Å²) in [5.74, 6) is 0.311. The minimum Gasteiger partial charge on any atom is -0.467 e. The van der Waals surface area contributed by atoms with Crippen LogP contribution in [0.25, 0.3) is 10.2 Å². The largest absolute Gasteiger partial charge is 0.467 e. The van der Waals surface area contributed by atoms with E-state index in [1.165, 1.54) is 16.8 Å². The van der Waals surface area contributed by atoms with Crippen molar-refractivity contribution in [2.75, 3.05) is 29.9 Å². The second-order valence-corrected chi connectivity index (χ2v) is 7.86. The number of thiophene rings is 1. The predicted octanol–water partition coefficient (Wildman–Crippen LogP) is 4.04. The van der Waals surface area contributed by atoms with E-state index in [-0.39, 0.29) is 12.5 Å². The molecule has 0 radical (unpaired) electrons. The first kappa shape index (κ1) is 18.7. The second-order valence-electron chi connectivity index (χ2n) is 6.77. The summed E-state index contributed by atoms with van der Waals surface area (Å²) in [5.41, 5.74) is 3.20. The molecule has 146 valence electrons. The molecule has 6 nitrogen and oxygen atoms in total. The van der Waals surface area contributed by atoms with E-state index < -0.39 is 0 Å². The molecule has 28 heavy (non-hydrogen) atoms. The maximum Gasteiger partial charge on any atom is 0.262 e. The van der Waals surface area contributed by atoms with E-state index in [0.29, 0.717) is 5.88 Å². The first-order valence-electron chi connectivity index (χ1n) is 9.72. The van der Waals surface area contributed by atoms with Crippen LogP contribution < -0.4 is 15.0 Å². The van der Waals surface area contributed by atoms with Gasteiger partial charge in [-0.15, -0.1) is 11.3 Å². The molecule has 0 saturated heterocycles. The fraction of sp³-hybridized carbons (Fsp3) is 0.381. The zero-order valence-corrected chi connectivity index (χ0v) is 17.0. The van der Waals surface area contributed by atoms with Crippen LogP contribution in [0.5, 0.6) is 5.88 Å². The Hall–Kier alpha value is -2.67. The molecule has 1 aliphatic carbocycles. The summed E-state index contributed by atoms with van der Waals surface area (Å²) in [5, 5.41) is 3.87. The van der Waals surface area contributed by atoms with E-state index in [1.807, 2.05) is 24.3 Å². The highest BCUT2D eigenvalue weighted by molar-refractivity contribution is 7.18. The Morgan fingerprint density at radius 2 is 1.96 bits per heavy atom. The topological polar surface area (TPSA) is 67.4 Å². The molecule has 0 saturated carbocycles. The third kappa shape index (κ3) is 3.67. The summed E-state index contributed by atoms with van der Waals surface area (Å²) >= 11 is 1.71. The van der Waals surface area contributed by atoms with Gasteiger partial charge < -0.3 is 15.0 Å². The Labute approximate surface area is 168 Å². The zero-order valence-electron chi connectivity index (χ0n) is 16.2. The van der Waals surface area contributed by atoms with Gasteiger partial charge in [0.15, 0.2) is 6.61 Å². The molecule has 0 bridgehead atoms. The quantitative estimate of drug-likeness (QED) is 0.653. The Bertz CT molecular complexity index is 980. The number of fused-ring (bicyclic) bond motifs is 3. The van der Waals surface area contributed by atoms with Gasteiger partial charge in [0.25, 0.3) is 5.91 Å². The molecule has 2 heterocycles. The van der Waals surface area contributed by atoms with E-state index in [4.69, 9.17) is 4.74 Å². The number of hydrogen-bond donors (Lipinski definition) is 1. The average Bonchev–Trinajstić information content (AvgIpc) is 3.30. The van der Waals surface area contributed by atoms with Gasteiger partial charge >= 0.3 is 0 Å². The monoisotopic (exact) mass is 396 g/mol. The molecular formula is C21H24N4O2S. The molecule has 1 aliphatic rings. The highest BCUT2D eigenvalue weighted by atomic mass is 32.1. The van der Waals surface area contributed by atoms with Crippen molar-refractivity contribution in [3.05, 3.63) is 41.0 Å². The number of nitrogens with one attached hydrogen (secondary N) is 1. The van der Waals surface area contributed by atoms with Crippen LogP contribution in [0.3, 0.4) is 0 Å². The van der Waals surface area contributed by atoms with Gasteiger partial charge in [-0.3, -0.25) is 4.79 Å². The van der Waals surface area contributed by atoms with Crippen LogP contribution in [0.1, 0.15) is 30.7 Å². The number of amides is 1. The number of hydrogen-bond acceptors (Lipinski definition) is 6. The molecule has 0 fully saturated rings. The zero-order chi connectivity index (χ0) is 19.5. The molecule has 0 atom stereocenters. The van der Waals surface area contributed by atoms with Gasteiger partial charge in [0.1, 0.15) is 11.2 Å². The van der Waals surface area contributed by atoms with Gasteiger partial charge in [0, 0.05) is 29.3 Å². The van der Waals surface area contributed by atoms with Crippen molar-refractivity contribution in [3.63, 3.8) is 0 Å². The van der Waals surface area contributed by atoms with Crippen LogP contribution in [0.15, 0.2) is 30.6 Å². The van der Waals surface area contributed by atoms with Crippen molar-refractivity contribution in [1.29, 1.82) is 0 Å². The Morgan fingerprint density at radius 3 is 2.71 bits per heavy atom. The first-order valence-corrected chi connectivity index (χ1v) is 10.5. The van der Waals surface area contributed by atoms with Crippen LogP contribution in [-0.4, -0.2) is 35.6 Å². The summed E-state index contributed by atoms with van der Waals surface area (Å²) in [6.45, 7) is 6.09. The third-order valence-electron chi connectivity index (χ3n) is 5.09. The maximum atomic E-state index is 12.3. The number of ether oxygens (including phenoxy) is 1.